The third kappa shape index (κ3) is 33.7. The Labute approximate surface area is 269 Å². The summed E-state index contributed by atoms with van der Waals surface area (Å²) in [7, 11) is -4.74. The first-order valence-electron chi connectivity index (χ1n) is 18.0. The predicted molar refractivity (Wildman–Crippen MR) is 179 cm³/mol. The van der Waals surface area contributed by atoms with Crippen molar-refractivity contribution in [3.05, 3.63) is 12.2 Å². The molecule has 0 rings (SSSR count). The lowest BCUT2D eigenvalue weighted by Crippen LogP contribution is -2.29. The summed E-state index contributed by atoms with van der Waals surface area (Å²) in [6, 6.07) is 0. The van der Waals surface area contributed by atoms with Crippen LogP contribution in [0.3, 0.4) is 0 Å². The van der Waals surface area contributed by atoms with Crippen LogP contribution in [0.5, 0.6) is 0 Å². The highest BCUT2D eigenvalue weighted by atomic mass is 31.2. The van der Waals surface area contributed by atoms with Gasteiger partial charge in [-0.05, 0) is 38.5 Å². The zero-order valence-corrected chi connectivity index (χ0v) is 29.2. The van der Waals surface area contributed by atoms with Crippen molar-refractivity contribution < 1.29 is 37.9 Å². The van der Waals surface area contributed by atoms with E-state index >= 15 is 0 Å². The molecule has 0 radical (unpaired) electrons. The first kappa shape index (κ1) is 42.8. The van der Waals surface area contributed by atoms with E-state index in [1.807, 2.05) is 0 Å². The van der Waals surface area contributed by atoms with E-state index in [0.29, 0.717) is 6.42 Å². The number of esters is 2. The normalized spacial score (nSPS) is 12.5. The summed E-state index contributed by atoms with van der Waals surface area (Å²) in [6.45, 7) is 3.65. The molecule has 0 aliphatic heterocycles. The minimum atomic E-state index is -4.74. The molecule has 0 unspecified atom stereocenters. The molecule has 44 heavy (non-hydrogen) atoms. The minimum absolute atomic E-state index is 0.214. The van der Waals surface area contributed by atoms with Crippen molar-refractivity contribution in [3.63, 3.8) is 0 Å². The average Bonchev–Trinajstić information content (AvgIpc) is 2.98. The minimum Gasteiger partial charge on any atom is -0.462 e. The van der Waals surface area contributed by atoms with Gasteiger partial charge in [0.25, 0.3) is 0 Å². The number of phosphoric ester groups is 1. The zero-order chi connectivity index (χ0) is 32.6. The highest BCUT2D eigenvalue weighted by Gasteiger charge is 2.22. The molecule has 0 bridgehead atoms. The molecule has 0 saturated heterocycles. The Bertz CT molecular complexity index is 736. The van der Waals surface area contributed by atoms with E-state index in [1.165, 1.54) is 89.9 Å². The van der Waals surface area contributed by atoms with Crippen molar-refractivity contribution in [2.45, 2.75) is 187 Å². The van der Waals surface area contributed by atoms with Crippen LogP contribution in [0.2, 0.25) is 0 Å². The van der Waals surface area contributed by atoms with Crippen LogP contribution in [0.1, 0.15) is 181 Å². The number of unbranched alkanes of at least 4 members (excludes halogenated alkanes) is 21. The smallest absolute Gasteiger partial charge is 0.462 e. The summed E-state index contributed by atoms with van der Waals surface area (Å²) in [5, 5.41) is 0. The Morgan fingerprint density at radius 2 is 0.955 bits per heavy atom. The first-order valence-corrected chi connectivity index (χ1v) is 19.5. The molecule has 9 heteroatoms. The van der Waals surface area contributed by atoms with Crippen LogP contribution < -0.4 is 0 Å². The van der Waals surface area contributed by atoms with Gasteiger partial charge in [0.1, 0.15) is 6.61 Å². The van der Waals surface area contributed by atoms with Crippen molar-refractivity contribution in [1.29, 1.82) is 0 Å². The molecule has 8 nitrogen and oxygen atoms in total. The maximum absolute atomic E-state index is 12.3. The highest BCUT2D eigenvalue weighted by Crippen LogP contribution is 2.36. The summed E-state index contributed by atoms with van der Waals surface area (Å²) < 4.78 is 26.2. The van der Waals surface area contributed by atoms with Gasteiger partial charge in [-0.15, -0.1) is 0 Å². The van der Waals surface area contributed by atoms with E-state index < -0.39 is 32.5 Å². The molecular weight excluding hydrogens is 579 g/mol. The summed E-state index contributed by atoms with van der Waals surface area (Å²) in [4.78, 5) is 42.5. The van der Waals surface area contributed by atoms with Gasteiger partial charge in [0.2, 0.25) is 0 Å². The first-order chi connectivity index (χ1) is 21.3. The van der Waals surface area contributed by atoms with Gasteiger partial charge in [0, 0.05) is 12.8 Å². The van der Waals surface area contributed by atoms with Gasteiger partial charge in [-0.25, -0.2) is 4.57 Å². The molecule has 0 aromatic rings. The largest absolute Gasteiger partial charge is 0.469 e. The molecule has 0 aliphatic carbocycles. The summed E-state index contributed by atoms with van der Waals surface area (Å²) in [5.74, 6) is -0.891. The van der Waals surface area contributed by atoms with E-state index in [9.17, 15) is 14.2 Å². The summed E-state index contributed by atoms with van der Waals surface area (Å²) in [5.41, 5.74) is 0. The number of hydrogen-bond donors (Lipinski definition) is 2. The lowest BCUT2D eigenvalue weighted by atomic mass is 10.1. The lowest BCUT2D eigenvalue weighted by molar-refractivity contribution is -0.161. The maximum Gasteiger partial charge on any atom is 0.469 e. The van der Waals surface area contributed by atoms with Crippen LogP contribution in [-0.2, 0) is 28.2 Å². The van der Waals surface area contributed by atoms with Crippen LogP contribution in [0, 0.1) is 0 Å². The number of phosphoric acid groups is 1. The van der Waals surface area contributed by atoms with Crippen LogP contribution in [-0.4, -0.2) is 41.0 Å². The fourth-order valence-electron chi connectivity index (χ4n) is 5.07. The molecule has 0 heterocycles. The Morgan fingerprint density at radius 3 is 1.39 bits per heavy atom. The third-order valence-corrected chi connectivity index (χ3v) is 8.27. The fraction of sp³-hybridized carbons (Fsp3) is 0.886. The summed E-state index contributed by atoms with van der Waals surface area (Å²) >= 11 is 0. The van der Waals surface area contributed by atoms with Crippen molar-refractivity contribution in [2.75, 3.05) is 13.2 Å². The predicted octanol–water partition coefficient (Wildman–Crippen LogP) is 10.3. The molecule has 1 atom stereocenters. The molecule has 0 aromatic heterocycles. The molecule has 0 fully saturated rings. The quantitative estimate of drug-likeness (QED) is 0.0313. The van der Waals surface area contributed by atoms with Crippen LogP contribution in [0.25, 0.3) is 0 Å². The van der Waals surface area contributed by atoms with Gasteiger partial charge in [-0.1, -0.05) is 142 Å². The standard InChI is InChI=1S/C35H67O8P/c1-3-5-7-9-11-13-15-16-17-18-19-20-22-23-25-27-29-34(36)41-31-33(32-42-44(38,39)40)43-35(37)30-28-26-24-21-14-12-10-8-6-4-2/h17-18,33H,3-16,19-32H2,1-2H3,(H2,38,39,40)/b18-17-/t33-/m1/s1. The topological polar surface area (TPSA) is 119 Å². The van der Waals surface area contributed by atoms with Crippen molar-refractivity contribution in [1.82, 2.24) is 0 Å². The van der Waals surface area contributed by atoms with Crippen molar-refractivity contribution in [3.8, 4) is 0 Å². The molecule has 260 valence electrons. The zero-order valence-electron chi connectivity index (χ0n) is 28.3. The Morgan fingerprint density at radius 1 is 0.568 bits per heavy atom. The number of carbonyl (C=O) groups is 2. The molecular formula is C35H67O8P. The van der Waals surface area contributed by atoms with Crippen molar-refractivity contribution >= 4 is 19.8 Å². The Balaban J connectivity index is 3.95. The number of ether oxygens (including phenoxy) is 2. The van der Waals surface area contributed by atoms with Crippen molar-refractivity contribution in [2.24, 2.45) is 0 Å². The molecule has 0 aliphatic rings. The molecule has 0 amide bonds. The second kappa shape index (κ2) is 31.8. The molecule has 0 saturated carbocycles. The Kier molecular flexibility index (Phi) is 30.9. The number of allylic oxidation sites excluding steroid dienone is 2. The van der Waals surface area contributed by atoms with E-state index in [4.69, 9.17) is 19.3 Å². The Hall–Kier alpha value is -1.21. The molecule has 0 aromatic carbocycles. The van der Waals surface area contributed by atoms with Gasteiger partial charge in [-0.3, -0.25) is 14.1 Å². The molecule has 2 N–H and O–H groups in total. The van der Waals surface area contributed by atoms with E-state index in [0.717, 1.165) is 57.8 Å². The maximum atomic E-state index is 12.3. The third-order valence-electron chi connectivity index (χ3n) is 7.78. The van der Waals surface area contributed by atoms with Gasteiger partial charge in [0.05, 0.1) is 6.61 Å². The summed E-state index contributed by atoms with van der Waals surface area (Å²) in [6.07, 6.45) is 32.2. The van der Waals surface area contributed by atoms with Gasteiger partial charge < -0.3 is 19.3 Å². The second-order valence-corrected chi connectivity index (χ2v) is 13.4. The van der Waals surface area contributed by atoms with Crippen LogP contribution in [0.15, 0.2) is 12.2 Å². The van der Waals surface area contributed by atoms with E-state index in [-0.39, 0.29) is 19.4 Å². The molecule has 0 spiro atoms. The van der Waals surface area contributed by atoms with E-state index in [2.05, 4.69) is 30.5 Å². The van der Waals surface area contributed by atoms with Crippen LogP contribution in [0.4, 0.5) is 0 Å². The monoisotopic (exact) mass is 646 g/mol. The average molecular weight is 647 g/mol. The second-order valence-electron chi connectivity index (χ2n) is 12.2. The fourth-order valence-corrected chi connectivity index (χ4v) is 5.43. The number of rotatable bonds is 33. The number of hydrogen-bond acceptors (Lipinski definition) is 6. The lowest BCUT2D eigenvalue weighted by Gasteiger charge is -2.18. The SMILES string of the molecule is CCCCCCCCC/C=C\CCCCCCCC(=O)OC[C@H](COP(=O)(O)O)OC(=O)CCCCCCCCCCCC. The van der Waals surface area contributed by atoms with E-state index in [1.54, 1.807) is 0 Å². The van der Waals surface area contributed by atoms with Crippen LogP contribution >= 0.6 is 7.82 Å². The highest BCUT2D eigenvalue weighted by molar-refractivity contribution is 7.46. The van der Waals surface area contributed by atoms with Gasteiger partial charge in [-0.2, -0.15) is 0 Å². The number of carbonyl (C=O) groups excluding carboxylic acids is 2. The van der Waals surface area contributed by atoms with Gasteiger partial charge in [0.15, 0.2) is 6.10 Å². The van der Waals surface area contributed by atoms with Gasteiger partial charge >= 0.3 is 19.8 Å².